The summed E-state index contributed by atoms with van der Waals surface area (Å²) in [4.78, 5) is 17.5. The van der Waals surface area contributed by atoms with Gasteiger partial charge in [-0.1, -0.05) is 0 Å². The highest BCUT2D eigenvalue weighted by Gasteiger charge is 2.31. The van der Waals surface area contributed by atoms with Crippen LogP contribution >= 0.6 is 0 Å². The Labute approximate surface area is 148 Å². The van der Waals surface area contributed by atoms with Gasteiger partial charge in [-0.3, -0.25) is 4.98 Å². The fraction of sp³-hybridized carbons (Fsp3) is 0.333. The van der Waals surface area contributed by atoms with E-state index in [9.17, 15) is 18.0 Å². The van der Waals surface area contributed by atoms with E-state index in [0.29, 0.717) is 18.7 Å². The van der Waals surface area contributed by atoms with Gasteiger partial charge in [0.05, 0.1) is 30.2 Å². The SMILES string of the molecule is COC(=O)COC1Cc2ncccc2N(c2ccc(C(F)(F)F)cc2)C1. The van der Waals surface area contributed by atoms with Gasteiger partial charge in [0.25, 0.3) is 0 Å². The summed E-state index contributed by atoms with van der Waals surface area (Å²) in [6, 6.07) is 8.56. The first-order valence-electron chi connectivity index (χ1n) is 7.95. The van der Waals surface area contributed by atoms with Crippen LogP contribution in [0, 0.1) is 0 Å². The second kappa shape index (κ2) is 7.33. The molecule has 0 amide bonds. The normalized spacial score (nSPS) is 16.9. The largest absolute Gasteiger partial charge is 0.467 e. The topological polar surface area (TPSA) is 51.7 Å². The minimum absolute atomic E-state index is 0.190. The molecule has 0 N–H and O–H groups in total. The number of benzene rings is 1. The van der Waals surface area contributed by atoms with Crippen LogP contribution in [0.3, 0.4) is 0 Å². The average Bonchev–Trinajstić information content (AvgIpc) is 2.64. The fourth-order valence-electron chi connectivity index (χ4n) is 2.85. The van der Waals surface area contributed by atoms with E-state index in [2.05, 4.69) is 9.72 Å². The minimum atomic E-state index is -4.38. The number of rotatable bonds is 4. The van der Waals surface area contributed by atoms with Gasteiger partial charge in [0.2, 0.25) is 0 Å². The Morgan fingerprint density at radius 2 is 2.00 bits per heavy atom. The zero-order valence-corrected chi connectivity index (χ0v) is 14.0. The number of alkyl halides is 3. The monoisotopic (exact) mass is 366 g/mol. The van der Waals surface area contributed by atoms with E-state index in [-0.39, 0.29) is 12.7 Å². The number of anilines is 2. The number of ether oxygens (including phenoxy) is 2. The molecule has 2 aromatic rings. The van der Waals surface area contributed by atoms with Crippen molar-refractivity contribution in [1.82, 2.24) is 4.98 Å². The number of pyridine rings is 1. The van der Waals surface area contributed by atoms with Crippen molar-refractivity contribution >= 4 is 17.3 Å². The van der Waals surface area contributed by atoms with Crippen LogP contribution in [0.1, 0.15) is 11.3 Å². The highest BCUT2D eigenvalue weighted by Crippen LogP contribution is 2.35. The van der Waals surface area contributed by atoms with Crippen molar-refractivity contribution in [2.45, 2.75) is 18.7 Å². The van der Waals surface area contributed by atoms with Crippen LogP contribution in [-0.4, -0.2) is 37.3 Å². The second-order valence-corrected chi connectivity index (χ2v) is 5.84. The summed E-state index contributed by atoms with van der Waals surface area (Å²) in [5.41, 5.74) is 1.46. The Morgan fingerprint density at radius 1 is 1.27 bits per heavy atom. The first-order valence-corrected chi connectivity index (χ1v) is 7.95. The van der Waals surface area contributed by atoms with Crippen LogP contribution in [0.5, 0.6) is 0 Å². The molecular weight excluding hydrogens is 349 g/mol. The Balaban J connectivity index is 1.85. The number of hydrogen-bond donors (Lipinski definition) is 0. The Kier molecular flexibility index (Phi) is 5.13. The summed E-state index contributed by atoms with van der Waals surface area (Å²) in [5, 5.41) is 0. The molecular formula is C18H17F3N2O3. The Bertz CT molecular complexity index is 778. The van der Waals surface area contributed by atoms with Crippen molar-refractivity contribution in [2.75, 3.05) is 25.2 Å². The third-order valence-electron chi connectivity index (χ3n) is 4.14. The number of carbonyl (C=O) groups excluding carboxylic acids is 1. The number of fused-ring (bicyclic) bond motifs is 1. The lowest BCUT2D eigenvalue weighted by atomic mass is 10.0. The lowest BCUT2D eigenvalue weighted by Gasteiger charge is -2.35. The van der Waals surface area contributed by atoms with Crippen molar-refractivity contribution in [3.63, 3.8) is 0 Å². The number of aromatic nitrogens is 1. The van der Waals surface area contributed by atoms with Crippen LogP contribution in [0.2, 0.25) is 0 Å². The number of hydrogen-bond acceptors (Lipinski definition) is 5. The number of esters is 1. The minimum Gasteiger partial charge on any atom is -0.467 e. The second-order valence-electron chi connectivity index (χ2n) is 5.84. The number of carbonyl (C=O) groups is 1. The lowest BCUT2D eigenvalue weighted by molar-refractivity contribution is -0.147. The number of halogens is 3. The molecule has 1 aliphatic rings. The number of methoxy groups -OCH3 is 1. The quantitative estimate of drug-likeness (QED) is 0.777. The van der Waals surface area contributed by atoms with Gasteiger partial charge in [-0.2, -0.15) is 13.2 Å². The molecule has 0 aliphatic carbocycles. The van der Waals surface area contributed by atoms with E-state index >= 15 is 0 Å². The predicted molar refractivity (Wildman–Crippen MR) is 88.1 cm³/mol. The number of nitrogens with zero attached hydrogens (tertiary/aromatic N) is 2. The zero-order valence-electron chi connectivity index (χ0n) is 14.0. The smallest absolute Gasteiger partial charge is 0.416 e. The molecule has 0 fully saturated rings. The van der Waals surface area contributed by atoms with Crippen molar-refractivity contribution in [2.24, 2.45) is 0 Å². The maximum atomic E-state index is 12.8. The summed E-state index contributed by atoms with van der Waals surface area (Å²) >= 11 is 0. The molecule has 3 rings (SSSR count). The Hall–Kier alpha value is -2.61. The van der Waals surface area contributed by atoms with Gasteiger partial charge >= 0.3 is 12.1 Å². The van der Waals surface area contributed by atoms with Gasteiger partial charge in [-0.15, -0.1) is 0 Å². The maximum Gasteiger partial charge on any atom is 0.416 e. The summed E-state index contributed by atoms with van der Waals surface area (Å²) < 4.78 is 48.5. The molecule has 1 unspecified atom stereocenters. The lowest BCUT2D eigenvalue weighted by Crippen LogP contribution is -2.38. The molecule has 0 radical (unpaired) electrons. The van der Waals surface area contributed by atoms with Crippen LogP contribution < -0.4 is 4.90 Å². The molecule has 0 saturated heterocycles. The standard InChI is InChI=1S/C18H17F3N2O3/c1-25-17(24)11-26-14-9-15-16(3-2-8-22-15)23(10-14)13-6-4-12(5-7-13)18(19,20)21/h2-8,14H,9-11H2,1H3. The molecule has 1 aromatic carbocycles. The van der Waals surface area contributed by atoms with Gasteiger partial charge in [0, 0.05) is 24.8 Å². The van der Waals surface area contributed by atoms with Gasteiger partial charge in [-0.05, 0) is 36.4 Å². The Morgan fingerprint density at radius 3 is 2.65 bits per heavy atom. The third-order valence-corrected chi connectivity index (χ3v) is 4.14. The van der Waals surface area contributed by atoms with Crippen LogP contribution in [0.15, 0.2) is 42.6 Å². The van der Waals surface area contributed by atoms with Gasteiger partial charge < -0.3 is 14.4 Å². The van der Waals surface area contributed by atoms with E-state index in [1.165, 1.54) is 19.2 Å². The van der Waals surface area contributed by atoms with Gasteiger partial charge in [-0.25, -0.2) is 4.79 Å². The summed E-state index contributed by atoms with van der Waals surface area (Å²) in [5.74, 6) is -0.488. The first kappa shape index (κ1) is 18.2. The van der Waals surface area contributed by atoms with E-state index in [0.717, 1.165) is 23.5 Å². The van der Waals surface area contributed by atoms with Gasteiger partial charge in [0.15, 0.2) is 0 Å². The van der Waals surface area contributed by atoms with Crippen molar-refractivity contribution in [3.8, 4) is 0 Å². The summed E-state index contributed by atoms with van der Waals surface area (Å²) in [7, 11) is 1.28. The van der Waals surface area contributed by atoms with E-state index in [4.69, 9.17) is 4.74 Å². The molecule has 0 bridgehead atoms. The first-order chi connectivity index (χ1) is 12.4. The van der Waals surface area contributed by atoms with Crippen molar-refractivity contribution < 1.29 is 27.4 Å². The van der Waals surface area contributed by atoms with E-state index < -0.39 is 17.7 Å². The van der Waals surface area contributed by atoms with E-state index in [1.54, 1.807) is 12.3 Å². The highest BCUT2D eigenvalue weighted by atomic mass is 19.4. The highest BCUT2D eigenvalue weighted by molar-refractivity contribution is 5.70. The molecule has 1 aliphatic heterocycles. The molecule has 1 atom stereocenters. The van der Waals surface area contributed by atoms with Crippen LogP contribution in [-0.2, 0) is 26.9 Å². The predicted octanol–water partition coefficient (Wildman–Crippen LogP) is 3.35. The molecule has 2 heterocycles. The van der Waals surface area contributed by atoms with Gasteiger partial charge in [0.1, 0.15) is 6.61 Å². The van der Waals surface area contributed by atoms with Crippen LogP contribution in [0.25, 0.3) is 0 Å². The molecule has 26 heavy (non-hydrogen) atoms. The zero-order chi connectivity index (χ0) is 18.7. The van der Waals surface area contributed by atoms with Crippen LogP contribution in [0.4, 0.5) is 24.5 Å². The van der Waals surface area contributed by atoms with Crippen molar-refractivity contribution in [3.05, 3.63) is 53.9 Å². The average molecular weight is 366 g/mol. The van der Waals surface area contributed by atoms with Crippen molar-refractivity contribution in [1.29, 1.82) is 0 Å². The summed E-state index contributed by atoms with van der Waals surface area (Å²) in [6.07, 6.45) is -2.57. The molecule has 0 saturated carbocycles. The molecule has 5 nitrogen and oxygen atoms in total. The fourth-order valence-corrected chi connectivity index (χ4v) is 2.85. The molecule has 1 aromatic heterocycles. The van der Waals surface area contributed by atoms with E-state index in [1.807, 2.05) is 11.0 Å². The third kappa shape index (κ3) is 3.96. The molecule has 138 valence electrons. The molecule has 0 spiro atoms. The maximum absolute atomic E-state index is 12.8. The summed E-state index contributed by atoms with van der Waals surface area (Å²) in [6.45, 7) is 0.200. The molecule has 8 heteroatoms.